The highest BCUT2D eigenvalue weighted by Crippen LogP contribution is 2.26. The molecule has 0 aromatic carbocycles. The summed E-state index contributed by atoms with van der Waals surface area (Å²) in [5.74, 6) is 0.408. The van der Waals surface area contributed by atoms with Crippen molar-refractivity contribution in [3.8, 4) is 0 Å². The first-order valence-corrected chi connectivity index (χ1v) is 9.26. The molecular formula is C13H20BrN3O3S. The summed E-state index contributed by atoms with van der Waals surface area (Å²) in [7, 11) is -3.57. The van der Waals surface area contributed by atoms with Gasteiger partial charge in [-0.1, -0.05) is 6.92 Å². The Bertz CT molecular complexity index is 572. The monoisotopic (exact) mass is 377 g/mol. The molecule has 1 aromatic heterocycles. The van der Waals surface area contributed by atoms with E-state index in [0.29, 0.717) is 49.6 Å². The van der Waals surface area contributed by atoms with Gasteiger partial charge in [-0.05, 0) is 34.8 Å². The van der Waals surface area contributed by atoms with Crippen molar-refractivity contribution in [1.82, 2.24) is 9.29 Å². The fraction of sp³-hybridized carbons (Fsp3) is 0.615. The molecule has 0 atom stereocenters. The molecule has 1 aliphatic heterocycles. The molecule has 0 unspecified atom stereocenters. The van der Waals surface area contributed by atoms with E-state index in [-0.39, 0.29) is 4.90 Å². The van der Waals surface area contributed by atoms with Crippen molar-refractivity contribution in [2.24, 2.45) is 0 Å². The molecule has 1 fully saturated rings. The molecule has 6 nitrogen and oxygen atoms in total. The van der Waals surface area contributed by atoms with Crippen LogP contribution in [-0.2, 0) is 14.8 Å². The number of rotatable bonds is 5. The highest BCUT2D eigenvalue weighted by atomic mass is 79.9. The Morgan fingerprint density at radius 1 is 1.43 bits per heavy atom. The second-order valence-corrected chi connectivity index (χ2v) is 7.62. The molecule has 0 saturated carbocycles. The van der Waals surface area contributed by atoms with Crippen LogP contribution in [0.5, 0.6) is 0 Å². The van der Waals surface area contributed by atoms with Crippen molar-refractivity contribution in [2.45, 2.75) is 24.7 Å². The smallest absolute Gasteiger partial charge is 0.246 e. The van der Waals surface area contributed by atoms with Gasteiger partial charge in [-0.3, -0.25) is 0 Å². The van der Waals surface area contributed by atoms with E-state index in [1.54, 1.807) is 12.3 Å². The summed E-state index contributed by atoms with van der Waals surface area (Å²) in [5, 5.41) is 3.08. The molecule has 0 aliphatic carbocycles. The van der Waals surface area contributed by atoms with Crippen molar-refractivity contribution >= 4 is 31.8 Å². The largest absolute Gasteiger partial charge is 0.380 e. The minimum absolute atomic E-state index is 0.215. The maximum absolute atomic E-state index is 12.8. The predicted octanol–water partition coefficient (Wildman–Crippen LogP) is 2.08. The van der Waals surface area contributed by atoms with Gasteiger partial charge in [0.1, 0.15) is 10.7 Å². The average Bonchev–Trinajstić information content (AvgIpc) is 2.75. The topological polar surface area (TPSA) is 71.5 Å². The molecule has 8 heteroatoms. The number of hydrogen-bond donors (Lipinski definition) is 1. The second kappa shape index (κ2) is 7.53. The highest BCUT2D eigenvalue weighted by molar-refractivity contribution is 9.10. The Labute approximate surface area is 134 Å². The maximum Gasteiger partial charge on any atom is 0.246 e. The number of aromatic nitrogens is 1. The Kier molecular flexibility index (Phi) is 5.98. The van der Waals surface area contributed by atoms with Crippen molar-refractivity contribution in [1.29, 1.82) is 0 Å². The van der Waals surface area contributed by atoms with E-state index in [9.17, 15) is 8.42 Å². The van der Waals surface area contributed by atoms with Crippen LogP contribution in [0, 0.1) is 0 Å². The van der Waals surface area contributed by atoms with Crippen LogP contribution in [0.3, 0.4) is 0 Å². The molecule has 1 aliphatic rings. The molecule has 2 heterocycles. The lowest BCUT2D eigenvalue weighted by molar-refractivity contribution is 0.148. The van der Waals surface area contributed by atoms with Crippen LogP contribution >= 0.6 is 15.9 Å². The van der Waals surface area contributed by atoms with Crippen LogP contribution in [0.4, 0.5) is 5.82 Å². The van der Waals surface area contributed by atoms with Gasteiger partial charge in [-0.15, -0.1) is 0 Å². The molecule has 1 N–H and O–H groups in total. The van der Waals surface area contributed by atoms with Crippen molar-refractivity contribution < 1.29 is 13.2 Å². The van der Waals surface area contributed by atoms with E-state index in [1.165, 1.54) is 4.31 Å². The van der Waals surface area contributed by atoms with E-state index in [0.717, 1.165) is 6.42 Å². The van der Waals surface area contributed by atoms with Crippen LogP contribution < -0.4 is 5.32 Å². The Hall–Kier alpha value is -0.700. The van der Waals surface area contributed by atoms with Crippen LogP contribution in [0.2, 0.25) is 0 Å². The molecule has 21 heavy (non-hydrogen) atoms. The van der Waals surface area contributed by atoms with Crippen molar-refractivity contribution in [3.05, 3.63) is 16.7 Å². The van der Waals surface area contributed by atoms with Gasteiger partial charge in [-0.2, -0.15) is 4.31 Å². The molecule has 118 valence electrons. The van der Waals surface area contributed by atoms with Gasteiger partial charge < -0.3 is 10.1 Å². The Morgan fingerprint density at radius 3 is 3.00 bits per heavy atom. The summed E-state index contributed by atoms with van der Waals surface area (Å²) in [6.07, 6.45) is 3.20. The number of anilines is 1. The summed E-state index contributed by atoms with van der Waals surface area (Å²) in [6, 6.07) is 1.60. The first-order chi connectivity index (χ1) is 10.1. The van der Waals surface area contributed by atoms with Crippen LogP contribution in [0.25, 0.3) is 0 Å². The van der Waals surface area contributed by atoms with Crippen molar-refractivity contribution in [2.75, 3.05) is 38.2 Å². The SMILES string of the molecule is CCCNc1ncc(Br)cc1S(=O)(=O)N1CCCOCC1. The fourth-order valence-corrected chi connectivity index (χ4v) is 4.19. The lowest BCUT2D eigenvalue weighted by Gasteiger charge is -2.21. The third-order valence-corrected chi connectivity index (χ3v) is 5.51. The fourth-order valence-electron chi connectivity index (χ4n) is 2.10. The zero-order valence-corrected chi connectivity index (χ0v) is 14.4. The number of pyridine rings is 1. The number of nitrogens with zero attached hydrogens (tertiary/aromatic N) is 2. The molecule has 0 radical (unpaired) electrons. The minimum atomic E-state index is -3.57. The first-order valence-electron chi connectivity index (χ1n) is 7.03. The Balaban J connectivity index is 2.35. The molecular weight excluding hydrogens is 358 g/mol. The lowest BCUT2D eigenvalue weighted by atomic mass is 10.4. The first kappa shape index (κ1) is 16.7. The summed E-state index contributed by atoms with van der Waals surface area (Å²) >= 11 is 3.30. The quantitative estimate of drug-likeness (QED) is 0.850. The lowest BCUT2D eigenvalue weighted by Crippen LogP contribution is -2.34. The zero-order valence-electron chi connectivity index (χ0n) is 12.0. The minimum Gasteiger partial charge on any atom is -0.380 e. The summed E-state index contributed by atoms with van der Waals surface area (Å²) in [6.45, 7) is 4.58. The maximum atomic E-state index is 12.8. The third-order valence-electron chi connectivity index (χ3n) is 3.16. The van der Waals surface area contributed by atoms with Gasteiger partial charge in [-0.25, -0.2) is 13.4 Å². The van der Waals surface area contributed by atoms with Gasteiger partial charge in [0.05, 0.1) is 6.61 Å². The summed E-state index contributed by atoms with van der Waals surface area (Å²) < 4.78 is 33.1. The summed E-state index contributed by atoms with van der Waals surface area (Å²) in [4.78, 5) is 4.42. The van der Waals surface area contributed by atoms with Crippen LogP contribution in [0.1, 0.15) is 19.8 Å². The van der Waals surface area contributed by atoms with E-state index in [2.05, 4.69) is 26.2 Å². The van der Waals surface area contributed by atoms with Gasteiger partial charge in [0.2, 0.25) is 10.0 Å². The second-order valence-electron chi connectivity index (χ2n) is 4.80. The third kappa shape index (κ3) is 4.15. The molecule has 1 aromatic rings. The number of sulfonamides is 1. The number of ether oxygens (including phenoxy) is 1. The number of halogens is 1. The van der Waals surface area contributed by atoms with Gasteiger partial charge in [0.15, 0.2) is 0 Å². The van der Waals surface area contributed by atoms with E-state index >= 15 is 0 Å². The summed E-state index contributed by atoms with van der Waals surface area (Å²) in [5.41, 5.74) is 0. The Morgan fingerprint density at radius 2 is 2.24 bits per heavy atom. The van der Waals surface area contributed by atoms with Crippen LogP contribution in [-0.4, -0.2) is 50.6 Å². The standard InChI is InChI=1S/C13H20BrN3O3S/c1-2-4-15-13-12(9-11(14)10-16-13)21(18,19)17-5-3-7-20-8-6-17/h9-10H,2-8H2,1H3,(H,15,16). The number of hydrogen-bond acceptors (Lipinski definition) is 5. The molecule has 0 amide bonds. The zero-order chi connectivity index (χ0) is 15.3. The number of nitrogens with one attached hydrogen (secondary N) is 1. The van der Waals surface area contributed by atoms with Gasteiger partial charge in [0.25, 0.3) is 0 Å². The van der Waals surface area contributed by atoms with E-state index in [1.807, 2.05) is 6.92 Å². The van der Waals surface area contributed by atoms with Gasteiger partial charge in [0, 0.05) is 36.9 Å². The highest BCUT2D eigenvalue weighted by Gasteiger charge is 2.28. The normalized spacial score (nSPS) is 17.4. The molecule has 0 spiro atoms. The van der Waals surface area contributed by atoms with Gasteiger partial charge >= 0.3 is 0 Å². The predicted molar refractivity (Wildman–Crippen MR) is 84.9 cm³/mol. The van der Waals surface area contributed by atoms with E-state index < -0.39 is 10.0 Å². The average molecular weight is 378 g/mol. The van der Waals surface area contributed by atoms with Crippen molar-refractivity contribution in [3.63, 3.8) is 0 Å². The molecule has 2 rings (SSSR count). The molecule has 1 saturated heterocycles. The van der Waals surface area contributed by atoms with Crippen LogP contribution in [0.15, 0.2) is 21.6 Å². The van der Waals surface area contributed by atoms with E-state index in [4.69, 9.17) is 4.74 Å². The molecule has 0 bridgehead atoms.